The lowest BCUT2D eigenvalue weighted by atomic mass is 10.1. The van der Waals surface area contributed by atoms with E-state index < -0.39 is 5.97 Å². The minimum absolute atomic E-state index is 0.0830. The van der Waals surface area contributed by atoms with Crippen molar-refractivity contribution in [1.29, 1.82) is 0 Å². The Hall–Kier alpha value is -2.17. The number of carboxylic acid groups (broad SMARTS) is 1. The van der Waals surface area contributed by atoms with Crippen molar-refractivity contribution in [2.24, 2.45) is 5.10 Å². The summed E-state index contributed by atoms with van der Waals surface area (Å²) in [6, 6.07) is 5.75. The molecule has 18 heavy (non-hydrogen) atoms. The van der Waals surface area contributed by atoms with E-state index in [2.05, 4.69) is 5.10 Å². The van der Waals surface area contributed by atoms with Crippen molar-refractivity contribution in [2.75, 3.05) is 5.01 Å². The molecule has 0 unspecified atom stereocenters. The van der Waals surface area contributed by atoms with Gasteiger partial charge in [-0.15, -0.1) is 0 Å². The van der Waals surface area contributed by atoms with E-state index in [0.29, 0.717) is 5.71 Å². The van der Waals surface area contributed by atoms with Crippen molar-refractivity contribution < 1.29 is 14.7 Å². The van der Waals surface area contributed by atoms with Crippen LogP contribution in [0.1, 0.15) is 24.0 Å². The summed E-state index contributed by atoms with van der Waals surface area (Å²) in [5.74, 6) is -1.15. The molecule has 0 saturated heterocycles. The van der Waals surface area contributed by atoms with Gasteiger partial charge in [0.25, 0.3) is 5.91 Å². The van der Waals surface area contributed by atoms with E-state index in [9.17, 15) is 9.59 Å². The summed E-state index contributed by atoms with van der Waals surface area (Å²) < 4.78 is 0. The molecule has 1 heterocycles. The molecule has 1 aromatic carbocycles. The van der Waals surface area contributed by atoms with Crippen LogP contribution in [-0.2, 0) is 9.59 Å². The summed E-state index contributed by atoms with van der Waals surface area (Å²) in [7, 11) is 0. The standard InChI is InChI=1S/C13H14N2O3/c1-8-3-4-9(2)11(5-8)15-12(16)6-10(14-15)7-13(17)18/h3-5H,6-7H2,1-2H3,(H,17,18). The van der Waals surface area contributed by atoms with Gasteiger partial charge in [0.1, 0.15) is 0 Å². The van der Waals surface area contributed by atoms with Crippen LogP contribution in [0.4, 0.5) is 5.69 Å². The number of carbonyl (C=O) groups excluding carboxylic acids is 1. The summed E-state index contributed by atoms with van der Waals surface area (Å²) in [6.45, 7) is 3.83. The Kier molecular flexibility index (Phi) is 3.14. The van der Waals surface area contributed by atoms with E-state index in [-0.39, 0.29) is 18.7 Å². The van der Waals surface area contributed by atoms with E-state index in [0.717, 1.165) is 16.8 Å². The smallest absolute Gasteiger partial charge is 0.309 e. The van der Waals surface area contributed by atoms with Gasteiger partial charge >= 0.3 is 5.97 Å². The summed E-state index contributed by atoms with van der Waals surface area (Å²) in [6.07, 6.45) is -0.104. The molecule has 0 spiro atoms. The first-order valence-electron chi connectivity index (χ1n) is 5.65. The number of hydrogen-bond donors (Lipinski definition) is 1. The molecular formula is C13H14N2O3. The number of amides is 1. The van der Waals surface area contributed by atoms with Crippen LogP contribution in [0.15, 0.2) is 23.3 Å². The lowest BCUT2D eigenvalue weighted by Crippen LogP contribution is -2.20. The molecule has 0 radical (unpaired) electrons. The van der Waals surface area contributed by atoms with Gasteiger partial charge in [-0.3, -0.25) is 9.59 Å². The van der Waals surface area contributed by atoms with Crippen molar-refractivity contribution in [1.82, 2.24) is 0 Å². The van der Waals surface area contributed by atoms with Crippen molar-refractivity contribution >= 4 is 23.3 Å². The summed E-state index contributed by atoms with van der Waals surface area (Å²) in [5, 5.41) is 14.1. The van der Waals surface area contributed by atoms with E-state index >= 15 is 0 Å². The second-order valence-corrected chi connectivity index (χ2v) is 4.41. The summed E-state index contributed by atoms with van der Waals surface area (Å²) in [4.78, 5) is 22.5. The molecular weight excluding hydrogens is 232 g/mol. The van der Waals surface area contributed by atoms with Gasteiger partial charge in [-0.1, -0.05) is 12.1 Å². The number of aliphatic carboxylic acids is 1. The maximum absolute atomic E-state index is 11.8. The normalized spacial score (nSPS) is 14.9. The Balaban J connectivity index is 2.33. The molecule has 5 heteroatoms. The number of benzene rings is 1. The molecule has 94 valence electrons. The second kappa shape index (κ2) is 4.60. The molecule has 0 atom stereocenters. The minimum Gasteiger partial charge on any atom is -0.481 e. The molecule has 2 rings (SSSR count). The highest BCUT2D eigenvalue weighted by Gasteiger charge is 2.27. The topological polar surface area (TPSA) is 70.0 Å². The number of carboxylic acids is 1. The molecule has 0 saturated carbocycles. The predicted molar refractivity (Wildman–Crippen MR) is 67.7 cm³/mol. The summed E-state index contributed by atoms with van der Waals surface area (Å²) in [5.41, 5.74) is 3.09. The number of carbonyl (C=O) groups is 2. The van der Waals surface area contributed by atoms with Gasteiger partial charge in [-0.25, -0.2) is 5.01 Å². The van der Waals surface area contributed by atoms with Crippen molar-refractivity contribution in [3.8, 4) is 0 Å². The third-order valence-corrected chi connectivity index (χ3v) is 2.78. The van der Waals surface area contributed by atoms with Crippen LogP contribution in [0.25, 0.3) is 0 Å². The van der Waals surface area contributed by atoms with Gasteiger partial charge in [-0.05, 0) is 31.0 Å². The molecule has 1 aromatic rings. The van der Waals surface area contributed by atoms with Crippen LogP contribution in [0.3, 0.4) is 0 Å². The Morgan fingerprint density at radius 1 is 1.44 bits per heavy atom. The lowest BCUT2D eigenvalue weighted by molar-refractivity contribution is -0.135. The van der Waals surface area contributed by atoms with Crippen molar-refractivity contribution in [3.63, 3.8) is 0 Å². The predicted octanol–water partition coefficient (Wildman–Crippen LogP) is 1.87. The Labute approximate surface area is 105 Å². The van der Waals surface area contributed by atoms with Crippen LogP contribution < -0.4 is 5.01 Å². The van der Waals surface area contributed by atoms with E-state index in [1.807, 2.05) is 32.0 Å². The largest absolute Gasteiger partial charge is 0.481 e. The number of rotatable bonds is 3. The molecule has 0 aliphatic carbocycles. The molecule has 1 N–H and O–H groups in total. The minimum atomic E-state index is -0.968. The zero-order valence-corrected chi connectivity index (χ0v) is 10.3. The average molecular weight is 246 g/mol. The third kappa shape index (κ3) is 2.40. The van der Waals surface area contributed by atoms with Gasteiger partial charge in [0.2, 0.25) is 0 Å². The van der Waals surface area contributed by atoms with E-state index in [4.69, 9.17) is 5.11 Å². The fourth-order valence-corrected chi connectivity index (χ4v) is 1.89. The second-order valence-electron chi connectivity index (χ2n) is 4.41. The molecule has 1 amide bonds. The summed E-state index contributed by atoms with van der Waals surface area (Å²) >= 11 is 0. The number of anilines is 1. The first-order chi connectivity index (χ1) is 8.47. The highest BCUT2D eigenvalue weighted by Crippen LogP contribution is 2.26. The monoisotopic (exact) mass is 246 g/mol. The molecule has 1 aliphatic rings. The van der Waals surface area contributed by atoms with Gasteiger partial charge < -0.3 is 5.11 Å². The van der Waals surface area contributed by atoms with Gasteiger partial charge in [-0.2, -0.15) is 5.10 Å². The maximum Gasteiger partial charge on any atom is 0.309 e. The highest BCUT2D eigenvalue weighted by atomic mass is 16.4. The molecule has 0 aromatic heterocycles. The molecule has 5 nitrogen and oxygen atoms in total. The number of hydrazone groups is 1. The Morgan fingerprint density at radius 3 is 2.83 bits per heavy atom. The lowest BCUT2D eigenvalue weighted by Gasteiger charge is -2.15. The highest BCUT2D eigenvalue weighted by molar-refractivity contribution is 6.16. The van der Waals surface area contributed by atoms with E-state index in [1.165, 1.54) is 5.01 Å². The van der Waals surface area contributed by atoms with Crippen LogP contribution in [-0.4, -0.2) is 22.7 Å². The van der Waals surface area contributed by atoms with E-state index in [1.54, 1.807) is 0 Å². The van der Waals surface area contributed by atoms with Gasteiger partial charge in [0.05, 0.1) is 24.2 Å². The maximum atomic E-state index is 11.8. The van der Waals surface area contributed by atoms with Crippen LogP contribution >= 0.6 is 0 Å². The molecule has 1 aliphatic heterocycles. The first-order valence-corrected chi connectivity index (χ1v) is 5.65. The number of aryl methyl sites for hydroxylation is 2. The van der Waals surface area contributed by atoms with Gasteiger partial charge in [0, 0.05) is 0 Å². The Bertz CT molecular complexity index is 549. The number of nitrogens with zero attached hydrogens (tertiary/aromatic N) is 2. The average Bonchev–Trinajstić information content (AvgIpc) is 2.62. The Morgan fingerprint density at radius 2 is 2.17 bits per heavy atom. The number of hydrogen-bond acceptors (Lipinski definition) is 3. The first kappa shape index (κ1) is 12.3. The van der Waals surface area contributed by atoms with Crippen LogP contribution in [0.2, 0.25) is 0 Å². The van der Waals surface area contributed by atoms with Gasteiger partial charge in [0.15, 0.2) is 0 Å². The van der Waals surface area contributed by atoms with Crippen molar-refractivity contribution in [2.45, 2.75) is 26.7 Å². The fraction of sp³-hybridized carbons (Fsp3) is 0.308. The molecule has 0 fully saturated rings. The van der Waals surface area contributed by atoms with Crippen LogP contribution in [0.5, 0.6) is 0 Å². The zero-order valence-electron chi connectivity index (χ0n) is 10.3. The van der Waals surface area contributed by atoms with Crippen molar-refractivity contribution in [3.05, 3.63) is 29.3 Å². The quantitative estimate of drug-likeness (QED) is 0.885. The SMILES string of the molecule is Cc1ccc(C)c(N2N=C(CC(=O)O)CC2=O)c1. The zero-order chi connectivity index (χ0) is 13.3. The molecule has 0 bridgehead atoms. The van der Waals surface area contributed by atoms with Crippen LogP contribution in [0, 0.1) is 13.8 Å². The third-order valence-electron chi connectivity index (χ3n) is 2.78. The fourth-order valence-electron chi connectivity index (χ4n) is 1.89.